The van der Waals surface area contributed by atoms with Crippen molar-refractivity contribution in [2.75, 3.05) is 11.6 Å². The Kier molecular flexibility index (Phi) is 5.25. The van der Waals surface area contributed by atoms with Gasteiger partial charge in [0, 0.05) is 12.4 Å². The van der Waals surface area contributed by atoms with Gasteiger partial charge in [-0.25, -0.2) is 13.1 Å². The average Bonchev–Trinajstić information content (AvgIpc) is 2.24. The van der Waals surface area contributed by atoms with Crippen LogP contribution in [0.1, 0.15) is 17.5 Å². The summed E-state index contributed by atoms with van der Waals surface area (Å²) in [7, 11) is -3.19. The molecule has 90 valence electrons. The van der Waals surface area contributed by atoms with Crippen LogP contribution in [0.3, 0.4) is 0 Å². The molecule has 0 aromatic heterocycles. The minimum absolute atomic E-state index is 0.0856. The molecule has 0 aliphatic heterocycles. The Balaban J connectivity index is 2.51. The maximum atomic E-state index is 11.5. The van der Waals surface area contributed by atoms with Gasteiger partial charge in [0.15, 0.2) is 0 Å². The number of benzene rings is 1. The van der Waals surface area contributed by atoms with Gasteiger partial charge >= 0.3 is 0 Å². The van der Waals surface area contributed by atoms with Crippen molar-refractivity contribution in [2.24, 2.45) is 0 Å². The maximum Gasteiger partial charge on any atom is 0.211 e. The van der Waals surface area contributed by atoms with Crippen molar-refractivity contribution in [1.29, 1.82) is 0 Å². The second kappa shape index (κ2) is 6.23. The lowest BCUT2D eigenvalue weighted by Gasteiger charge is -2.06. The molecule has 1 aromatic carbocycles. The van der Waals surface area contributed by atoms with Crippen molar-refractivity contribution >= 4 is 21.6 Å². The van der Waals surface area contributed by atoms with Gasteiger partial charge in [0.1, 0.15) is 0 Å². The van der Waals surface area contributed by atoms with Gasteiger partial charge in [-0.05, 0) is 18.9 Å². The van der Waals surface area contributed by atoms with Crippen molar-refractivity contribution < 1.29 is 8.42 Å². The number of hydrogen-bond donors (Lipinski definition) is 1. The molecule has 0 spiro atoms. The standard InChI is InChI=1S/C11H16ClNO2S/c1-10-4-2-5-11(8-10)9-13-16(14,15)7-3-6-12/h2,4-5,8,13H,3,6-7,9H2,1H3. The Morgan fingerprint density at radius 2 is 2.12 bits per heavy atom. The van der Waals surface area contributed by atoms with Crippen molar-refractivity contribution in [1.82, 2.24) is 4.72 Å². The third-order valence-electron chi connectivity index (χ3n) is 2.13. The average molecular weight is 262 g/mol. The van der Waals surface area contributed by atoms with Crippen LogP contribution in [0.25, 0.3) is 0 Å². The molecular formula is C11H16ClNO2S. The minimum Gasteiger partial charge on any atom is -0.212 e. The third-order valence-corrected chi connectivity index (χ3v) is 3.80. The number of rotatable bonds is 6. The summed E-state index contributed by atoms with van der Waals surface area (Å²) in [5.74, 6) is 0.452. The highest BCUT2D eigenvalue weighted by atomic mass is 35.5. The first-order chi connectivity index (χ1) is 7.53. The van der Waals surface area contributed by atoms with Gasteiger partial charge in [-0.2, -0.15) is 0 Å². The van der Waals surface area contributed by atoms with Gasteiger partial charge in [0.05, 0.1) is 5.75 Å². The molecule has 0 atom stereocenters. The smallest absolute Gasteiger partial charge is 0.211 e. The number of nitrogens with one attached hydrogen (secondary N) is 1. The van der Waals surface area contributed by atoms with E-state index in [2.05, 4.69) is 4.72 Å². The predicted molar refractivity (Wildman–Crippen MR) is 67.1 cm³/mol. The summed E-state index contributed by atoms with van der Waals surface area (Å²) in [6.07, 6.45) is 0.477. The van der Waals surface area contributed by atoms with Crippen LogP contribution < -0.4 is 4.72 Å². The molecule has 3 nitrogen and oxygen atoms in total. The van der Waals surface area contributed by atoms with Crippen molar-refractivity contribution in [3.8, 4) is 0 Å². The lowest BCUT2D eigenvalue weighted by Crippen LogP contribution is -2.26. The molecule has 0 saturated carbocycles. The molecule has 0 aliphatic carbocycles. The highest BCUT2D eigenvalue weighted by Crippen LogP contribution is 2.04. The molecule has 1 aromatic rings. The molecule has 0 amide bonds. The number of aryl methyl sites for hydroxylation is 1. The molecular weight excluding hydrogens is 246 g/mol. The van der Waals surface area contributed by atoms with Crippen LogP contribution in [-0.2, 0) is 16.6 Å². The van der Waals surface area contributed by atoms with Gasteiger partial charge in [-0.15, -0.1) is 11.6 Å². The fraction of sp³-hybridized carbons (Fsp3) is 0.455. The van der Waals surface area contributed by atoms with Crippen LogP contribution in [0, 0.1) is 6.92 Å². The Hall–Kier alpha value is -0.580. The van der Waals surface area contributed by atoms with Crippen LogP contribution in [0.5, 0.6) is 0 Å². The van der Waals surface area contributed by atoms with E-state index in [0.29, 0.717) is 18.8 Å². The fourth-order valence-electron chi connectivity index (χ4n) is 1.33. The molecule has 0 heterocycles. The SMILES string of the molecule is Cc1cccc(CNS(=O)(=O)CCCCl)c1. The summed E-state index contributed by atoms with van der Waals surface area (Å²) >= 11 is 5.45. The minimum atomic E-state index is -3.19. The zero-order valence-corrected chi connectivity index (χ0v) is 10.8. The highest BCUT2D eigenvalue weighted by molar-refractivity contribution is 7.89. The van der Waals surface area contributed by atoms with E-state index in [1.165, 1.54) is 0 Å². The van der Waals surface area contributed by atoms with Crippen LogP contribution in [-0.4, -0.2) is 20.1 Å². The molecule has 5 heteroatoms. The molecule has 1 N–H and O–H groups in total. The lowest BCUT2D eigenvalue weighted by molar-refractivity contribution is 0.580. The van der Waals surface area contributed by atoms with Crippen LogP contribution in [0.4, 0.5) is 0 Å². The Morgan fingerprint density at radius 1 is 1.38 bits per heavy atom. The number of alkyl halides is 1. The van der Waals surface area contributed by atoms with Gasteiger partial charge in [-0.3, -0.25) is 0 Å². The summed E-state index contributed by atoms with van der Waals surface area (Å²) in [5, 5.41) is 0. The normalized spacial score (nSPS) is 11.6. The van der Waals surface area contributed by atoms with E-state index >= 15 is 0 Å². The van der Waals surface area contributed by atoms with Crippen molar-refractivity contribution in [2.45, 2.75) is 19.9 Å². The van der Waals surface area contributed by atoms with Gasteiger partial charge < -0.3 is 0 Å². The molecule has 1 rings (SSSR count). The first-order valence-electron chi connectivity index (χ1n) is 5.12. The predicted octanol–water partition coefficient (Wildman–Crippen LogP) is 2.04. The fourth-order valence-corrected chi connectivity index (χ4v) is 2.68. The summed E-state index contributed by atoms with van der Waals surface area (Å²) in [5.41, 5.74) is 2.09. The topological polar surface area (TPSA) is 46.2 Å². The van der Waals surface area contributed by atoms with E-state index in [-0.39, 0.29) is 5.75 Å². The summed E-state index contributed by atoms with van der Waals surface area (Å²) < 4.78 is 25.5. The summed E-state index contributed by atoms with van der Waals surface area (Å²) in [6, 6.07) is 7.75. The number of hydrogen-bond acceptors (Lipinski definition) is 2. The first-order valence-corrected chi connectivity index (χ1v) is 7.31. The maximum absolute atomic E-state index is 11.5. The van der Waals surface area contributed by atoms with Crippen molar-refractivity contribution in [3.05, 3.63) is 35.4 Å². The second-order valence-corrected chi connectivity index (χ2v) is 5.98. The molecule has 16 heavy (non-hydrogen) atoms. The zero-order valence-electron chi connectivity index (χ0n) is 9.24. The number of halogens is 1. The molecule has 0 bridgehead atoms. The van der Waals surface area contributed by atoms with Gasteiger partial charge in [-0.1, -0.05) is 29.8 Å². The Bertz CT molecular complexity index is 431. The zero-order chi connectivity index (χ0) is 12.0. The first kappa shape index (κ1) is 13.5. The monoisotopic (exact) mass is 261 g/mol. The molecule has 0 fully saturated rings. The largest absolute Gasteiger partial charge is 0.212 e. The lowest BCUT2D eigenvalue weighted by atomic mass is 10.1. The summed E-state index contributed by atoms with van der Waals surface area (Å²) in [4.78, 5) is 0. The van der Waals surface area contributed by atoms with Crippen LogP contribution >= 0.6 is 11.6 Å². The third kappa shape index (κ3) is 4.96. The van der Waals surface area contributed by atoms with E-state index in [1.807, 2.05) is 31.2 Å². The van der Waals surface area contributed by atoms with E-state index in [0.717, 1.165) is 11.1 Å². The van der Waals surface area contributed by atoms with E-state index in [1.54, 1.807) is 0 Å². The Morgan fingerprint density at radius 3 is 2.75 bits per heavy atom. The van der Waals surface area contributed by atoms with E-state index in [9.17, 15) is 8.42 Å². The van der Waals surface area contributed by atoms with Crippen LogP contribution in [0.2, 0.25) is 0 Å². The molecule has 0 saturated heterocycles. The quantitative estimate of drug-likeness (QED) is 0.797. The number of sulfonamides is 1. The van der Waals surface area contributed by atoms with E-state index in [4.69, 9.17) is 11.6 Å². The van der Waals surface area contributed by atoms with Crippen LogP contribution in [0.15, 0.2) is 24.3 Å². The Labute approximate surface area is 102 Å². The molecule has 0 unspecified atom stereocenters. The highest BCUT2D eigenvalue weighted by Gasteiger charge is 2.08. The van der Waals surface area contributed by atoms with E-state index < -0.39 is 10.0 Å². The van der Waals surface area contributed by atoms with Gasteiger partial charge in [0.25, 0.3) is 0 Å². The second-order valence-electron chi connectivity index (χ2n) is 3.67. The molecule has 0 radical (unpaired) electrons. The van der Waals surface area contributed by atoms with Crippen molar-refractivity contribution in [3.63, 3.8) is 0 Å². The summed E-state index contributed by atoms with van der Waals surface area (Å²) in [6.45, 7) is 2.32. The molecule has 0 aliphatic rings. The van der Waals surface area contributed by atoms with Gasteiger partial charge in [0.2, 0.25) is 10.0 Å².